The number of alkyl halides is 1. The number of ketones is 1. The van der Waals surface area contributed by atoms with Crippen LogP contribution in [-0.2, 0) is 4.79 Å². The zero-order valence-corrected chi connectivity index (χ0v) is 18.3. The van der Waals surface area contributed by atoms with Crippen molar-refractivity contribution in [3.8, 4) is 0 Å². The van der Waals surface area contributed by atoms with Crippen LogP contribution < -0.4 is 5.73 Å². The van der Waals surface area contributed by atoms with Gasteiger partial charge in [-0.2, -0.15) is 0 Å². The maximum atomic E-state index is 9.68. The fraction of sp³-hybridized carbons (Fsp3) is 0.188. The Kier molecular flexibility index (Phi) is 9.52. The molecule has 3 heterocycles. The lowest BCUT2D eigenvalue weighted by Gasteiger charge is -1.91. The van der Waals surface area contributed by atoms with Crippen LogP contribution in [0.5, 0.6) is 0 Å². The maximum absolute atomic E-state index is 9.68. The number of pyridine rings is 2. The predicted molar refractivity (Wildman–Crippen MR) is 115 cm³/mol. The molecule has 3 rings (SSSR count). The maximum Gasteiger partial charge on any atom is 0.144 e. The number of hydrogen-bond acceptors (Lipinski definition) is 4. The van der Waals surface area contributed by atoms with Gasteiger partial charge in [0.15, 0.2) is 0 Å². The first-order chi connectivity index (χ1) is 11.3. The van der Waals surface area contributed by atoms with E-state index in [1.165, 1.54) is 10.5 Å². The standard InChI is InChI=1S/C8H7IN2.C5H5IN2.C3H5ClO/c1-6-4-11-5-7(9)2-3-8(11)10-6;6-4-1-2-5(7)8-3-4;1-3(5)2-4/h2-5H,1H3;1-3H,(H2,7,8);2H2,1H3. The van der Waals surface area contributed by atoms with Crippen LogP contribution >= 0.6 is 56.8 Å². The summed E-state index contributed by atoms with van der Waals surface area (Å²) in [5.41, 5.74) is 7.39. The minimum atomic E-state index is 0.0201. The van der Waals surface area contributed by atoms with Gasteiger partial charge in [0.05, 0.1) is 11.6 Å². The van der Waals surface area contributed by atoms with Crippen molar-refractivity contribution in [1.82, 2.24) is 14.4 Å². The number of Topliss-reactive ketones (excluding diaryl/α,β-unsaturated/α-hetero) is 1. The Balaban J connectivity index is 0.000000196. The number of aryl methyl sites for hydroxylation is 1. The number of nitrogens with zero attached hydrogens (tertiary/aromatic N) is 3. The van der Waals surface area contributed by atoms with Crippen molar-refractivity contribution >= 4 is 74.0 Å². The van der Waals surface area contributed by atoms with Crippen LogP contribution in [-0.4, -0.2) is 26.0 Å². The lowest BCUT2D eigenvalue weighted by atomic mass is 10.5. The molecule has 128 valence electrons. The van der Waals surface area contributed by atoms with Gasteiger partial charge in [0.2, 0.25) is 0 Å². The lowest BCUT2D eigenvalue weighted by molar-refractivity contribution is -0.114. The van der Waals surface area contributed by atoms with Crippen molar-refractivity contribution in [2.75, 3.05) is 11.6 Å². The molecule has 0 aromatic carbocycles. The average Bonchev–Trinajstić information content (AvgIpc) is 2.90. The van der Waals surface area contributed by atoms with E-state index in [4.69, 9.17) is 17.3 Å². The van der Waals surface area contributed by atoms with E-state index in [0.717, 1.165) is 14.9 Å². The van der Waals surface area contributed by atoms with E-state index in [2.05, 4.69) is 67.4 Å². The first kappa shape index (κ1) is 21.1. The van der Waals surface area contributed by atoms with E-state index >= 15 is 0 Å². The smallest absolute Gasteiger partial charge is 0.144 e. The molecule has 0 aliphatic carbocycles. The minimum Gasteiger partial charge on any atom is -0.384 e. The molecule has 0 saturated heterocycles. The van der Waals surface area contributed by atoms with E-state index in [1.54, 1.807) is 12.3 Å². The number of nitrogen functional groups attached to an aromatic ring is 1. The van der Waals surface area contributed by atoms with Gasteiger partial charge in [0.1, 0.15) is 17.2 Å². The van der Waals surface area contributed by atoms with Crippen molar-refractivity contribution in [3.63, 3.8) is 0 Å². The molecule has 0 unspecified atom stereocenters. The first-order valence-corrected chi connectivity index (χ1v) is 9.54. The van der Waals surface area contributed by atoms with Gasteiger partial charge in [-0.3, -0.25) is 4.79 Å². The molecule has 0 spiro atoms. The summed E-state index contributed by atoms with van der Waals surface area (Å²) in [4.78, 5) is 17.8. The SMILES string of the molecule is CC(=O)CCl.Cc1cn2cc(I)ccc2n1.Nc1ccc(I)cn1. The Morgan fingerprint density at radius 2 is 1.83 bits per heavy atom. The Labute approximate surface area is 173 Å². The van der Waals surface area contributed by atoms with E-state index in [9.17, 15) is 4.79 Å². The summed E-state index contributed by atoms with van der Waals surface area (Å²) >= 11 is 9.45. The van der Waals surface area contributed by atoms with E-state index in [-0.39, 0.29) is 11.7 Å². The highest BCUT2D eigenvalue weighted by Gasteiger charge is 1.95. The van der Waals surface area contributed by atoms with Gasteiger partial charge < -0.3 is 10.1 Å². The molecule has 0 radical (unpaired) electrons. The number of anilines is 1. The molecule has 0 aliphatic rings. The van der Waals surface area contributed by atoms with Crippen LogP contribution in [0, 0.1) is 14.1 Å². The molecule has 0 atom stereocenters. The number of hydrogen-bond donors (Lipinski definition) is 1. The molecule has 3 aromatic heterocycles. The van der Waals surface area contributed by atoms with Crippen LogP contribution in [0.2, 0.25) is 0 Å². The van der Waals surface area contributed by atoms with E-state index in [0.29, 0.717) is 5.82 Å². The number of fused-ring (bicyclic) bond motifs is 1. The fourth-order valence-corrected chi connectivity index (χ4v) is 2.28. The second-order valence-corrected chi connectivity index (χ2v) is 7.49. The van der Waals surface area contributed by atoms with Crippen LogP contribution in [0.1, 0.15) is 12.6 Å². The average molecular weight is 571 g/mol. The highest BCUT2D eigenvalue weighted by atomic mass is 127. The van der Waals surface area contributed by atoms with Crippen molar-refractivity contribution in [3.05, 3.63) is 55.7 Å². The number of aromatic nitrogens is 3. The second kappa shape index (κ2) is 10.8. The van der Waals surface area contributed by atoms with Gasteiger partial charge in [0, 0.05) is 25.7 Å². The molecule has 0 bridgehead atoms. The summed E-state index contributed by atoms with van der Waals surface area (Å²) < 4.78 is 4.38. The largest absolute Gasteiger partial charge is 0.384 e. The zero-order valence-electron chi connectivity index (χ0n) is 13.2. The van der Waals surface area contributed by atoms with Gasteiger partial charge in [-0.25, -0.2) is 9.97 Å². The monoisotopic (exact) mass is 570 g/mol. The molecule has 0 amide bonds. The van der Waals surface area contributed by atoms with Crippen molar-refractivity contribution in [2.45, 2.75) is 13.8 Å². The van der Waals surface area contributed by atoms with Crippen molar-refractivity contribution in [2.24, 2.45) is 0 Å². The highest BCUT2D eigenvalue weighted by molar-refractivity contribution is 14.1. The summed E-state index contributed by atoms with van der Waals surface area (Å²) in [6.07, 6.45) is 5.82. The molecular weight excluding hydrogens is 553 g/mol. The number of rotatable bonds is 1. The normalized spacial score (nSPS) is 9.54. The van der Waals surface area contributed by atoms with Gasteiger partial charge in [-0.05, 0) is 83.3 Å². The van der Waals surface area contributed by atoms with Gasteiger partial charge in [0.25, 0.3) is 0 Å². The molecular formula is C16H17ClI2N4O. The number of carbonyl (C=O) groups is 1. The number of imidazole rings is 1. The molecule has 5 nitrogen and oxygen atoms in total. The summed E-state index contributed by atoms with van der Waals surface area (Å²) in [6.45, 7) is 3.45. The third-order valence-corrected chi connectivity index (χ3v) is 4.13. The molecule has 0 aliphatic heterocycles. The van der Waals surface area contributed by atoms with Crippen LogP contribution in [0.15, 0.2) is 42.9 Å². The van der Waals surface area contributed by atoms with E-state index < -0.39 is 0 Å². The van der Waals surface area contributed by atoms with Crippen molar-refractivity contribution < 1.29 is 4.79 Å². The number of halogens is 3. The third-order valence-electron chi connectivity index (χ3n) is 2.47. The van der Waals surface area contributed by atoms with E-state index in [1.807, 2.05) is 29.7 Å². The molecule has 8 heteroatoms. The molecule has 3 aromatic rings. The molecule has 0 saturated carbocycles. The first-order valence-electron chi connectivity index (χ1n) is 6.85. The summed E-state index contributed by atoms with van der Waals surface area (Å²) in [5, 5.41) is 0. The minimum absolute atomic E-state index is 0.0201. The second-order valence-electron chi connectivity index (χ2n) is 4.73. The number of nitrogens with two attached hydrogens (primary N) is 1. The topological polar surface area (TPSA) is 73.3 Å². The Morgan fingerprint density at radius 3 is 2.33 bits per heavy atom. The Hall–Kier alpha value is -0.940. The summed E-state index contributed by atoms with van der Waals surface area (Å²) in [7, 11) is 0. The fourth-order valence-electron chi connectivity index (χ4n) is 1.48. The molecule has 2 N–H and O–H groups in total. The van der Waals surface area contributed by atoms with Gasteiger partial charge in [-0.15, -0.1) is 11.6 Å². The van der Waals surface area contributed by atoms with Crippen LogP contribution in [0.3, 0.4) is 0 Å². The quantitative estimate of drug-likeness (QED) is 0.349. The van der Waals surface area contributed by atoms with Gasteiger partial charge in [-0.1, -0.05) is 0 Å². The van der Waals surface area contributed by atoms with Crippen molar-refractivity contribution in [1.29, 1.82) is 0 Å². The predicted octanol–water partition coefficient (Wildman–Crippen LogP) is 4.33. The lowest BCUT2D eigenvalue weighted by Crippen LogP contribution is -1.87. The third kappa shape index (κ3) is 8.25. The highest BCUT2D eigenvalue weighted by Crippen LogP contribution is 2.08. The summed E-state index contributed by atoms with van der Waals surface area (Å²) in [6, 6.07) is 7.78. The number of carbonyl (C=O) groups excluding carboxylic acids is 1. The zero-order chi connectivity index (χ0) is 18.1. The summed E-state index contributed by atoms with van der Waals surface area (Å²) in [5.74, 6) is 0.733. The Morgan fingerprint density at radius 1 is 1.21 bits per heavy atom. The molecule has 24 heavy (non-hydrogen) atoms. The van der Waals surface area contributed by atoms with Crippen LogP contribution in [0.4, 0.5) is 5.82 Å². The van der Waals surface area contributed by atoms with Gasteiger partial charge >= 0.3 is 0 Å². The molecule has 0 fully saturated rings. The van der Waals surface area contributed by atoms with Crippen LogP contribution in [0.25, 0.3) is 5.65 Å². The Bertz CT molecular complexity index is 769.